The van der Waals surface area contributed by atoms with Gasteiger partial charge in [0, 0.05) is 6.04 Å². The van der Waals surface area contributed by atoms with Crippen molar-refractivity contribution in [3.05, 3.63) is 35.9 Å². The van der Waals surface area contributed by atoms with Gasteiger partial charge in [-0.25, -0.2) is 0 Å². The Bertz CT molecular complexity index is 376. The molecule has 0 aromatic heterocycles. The Hall–Kier alpha value is -0.860. The lowest BCUT2D eigenvalue weighted by Gasteiger charge is -2.36. The fourth-order valence-electron chi connectivity index (χ4n) is 2.58. The van der Waals surface area contributed by atoms with Crippen LogP contribution in [-0.2, 0) is 4.74 Å². The van der Waals surface area contributed by atoms with Crippen molar-refractivity contribution in [2.75, 3.05) is 7.05 Å². The highest BCUT2D eigenvalue weighted by Crippen LogP contribution is 2.43. The fourth-order valence-corrected chi connectivity index (χ4v) is 2.58. The highest BCUT2D eigenvalue weighted by molar-refractivity contribution is 5.20. The maximum absolute atomic E-state index is 6.35. The van der Waals surface area contributed by atoms with E-state index in [1.807, 2.05) is 0 Å². The molecule has 0 bridgehead atoms. The van der Waals surface area contributed by atoms with E-state index in [0.29, 0.717) is 12.0 Å². The maximum atomic E-state index is 6.35. The summed E-state index contributed by atoms with van der Waals surface area (Å²) < 4.78 is 6.35. The summed E-state index contributed by atoms with van der Waals surface area (Å²) in [5, 5.41) is 0. The van der Waals surface area contributed by atoms with Crippen LogP contribution in [0.2, 0.25) is 0 Å². The summed E-state index contributed by atoms with van der Waals surface area (Å²) in [5.41, 5.74) is 1.11. The monoisotopic (exact) mass is 233 g/mol. The van der Waals surface area contributed by atoms with Gasteiger partial charge < -0.3 is 4.74 Å². The summed E-state index contributed by atoms with van der Waals surface area (Å²) >= 11 is 0. The van der Waals surface area contributed by atoms with E-state index in [1.165, 1.54) is 5.56 Å². The van der Waals surface area contributed by atoms with Crippen molar-refractivity contribution in [1.82, 2.24) is 4.90 Å². The minimum Gasteiger partial charge on any atom is -0.351 e. The first-order valence-corrected chi connectivity index (χ1v) is 6.42. The largest absolute Gasteiger partial charge is 0.351 e. The zero-order chi connectivity index (χ0) is 12.6. The molecule has 2 heteroatoms. The lowest BCUT2D eigenvalue weighted by molar-refractivity contribution is -0.115. The SMILES string of the molecule is CC(C)[C@@]1(C)O[C@H](c2ccccc2)[C@H](C)N1C. The second-order valence-corrected chi connectivity index (χ2v) is 5.51. The van der Waals surface area contributed by atoms with E-state index in [2.05, 4.69) is 70.0 Å². The van der Waals surface area contributed by atoms with E-state index in [4.69, 9.17) is 4.74 Å². The molecule has 2 nitrogen and oxygen atoms in total. The second kappa shape index (κ2) is 4.43. The van der Waals surface area contributed by atoms with Gasteiger partial charge in [-0.15, -0.1) is 0 Å². The van der Waals surface area contributed by atoms with Crippen LogP contribution in [0.15, 0.2) is 30.3 Å². The predicted molar refractivity (Wildman–Crippen MR) is 70.7 cm³/mol. The summed E-state index contributed by atoms with van der Waals surface area (Å²) in [6.45, 7) is 8.87. The number of ether oxygens (including phenoxy) is 1. The Morgan fingerprint density at radius 2 is 1.82 bits per heavy atom. The molecule has 17 heavy (non-hydrogen) atoms. The number of nitrogens with zero attached hydrogens (tertiary/aromatic N) is 1. The molecule has 1 aliphatic heterocycles. The topological polar surface area (TPSA) is 12.5 Å². The third-order valence-corrected chi connectivity index (χ3v) is 4.31. The zero-order valence-electron chi connectivity index (χ0n) is 11.5. The molecule has 0 N–H and O–H groups in total. The van der Waals surface area contributed by atoms with Crippen molar-refractivity contribution < 1.29 is 4.74 Å². The first-order chi connectivity index (χ1) is 7.97. The van der Waals surface area contributed by atoms with Crippen LogP contribution in [0.1, 0.15) is 39.4 Å². The molecular weight excluding hydrogens is 210 g/mol. The highest BCUT2D eigenvalue weighted by atomic mass is 16.5. The van der Waals surface area contributed by atoms with Gasteiger partial charge in [0.15, 0.2) is 0 Å². The molecule has 0 aliphatic carbocycles. The minimum absolute atomic E-state index is 0.167. The molecule has 94 valence electrons. The third kappa shape index (κ3) is 2.00. The average molecular weight is 233 g/mol. The molecule has 0 spiro atoms. The summed E-state index contributed by atoms with van der Waals surface area (Å²) in [7, 11) is 2.16. The van der Waals surface area contributed by atoms with Gasteiger partial charge in [0.1, 0.15) is 11.8 Å². The number of benzene rings is 1. The number of likely N-dealkylation sites (N-methyl/N-ethyl adjacent to an activating group) is 1. The van der Waals surface area contributed by atoms with Crippen LogP contribution in [0.25, 0.3) is 0 Å². The fraction of sp³-hybridized carbons (Fsp3) is 0.600. The first-order valence-electron chi connectivity index (χ1n) is 6.42. The van der Waals surface area contributed by atoms with E-state index in [-0.39, 0.29) is 11.8 Å². The first kappa shape index (κ1) is 12.6. The molecule has 1 saturated heterocycles. The number of rotatable bonds is 2. The molecule has 2 rings (SSSR count). The van der Waals surface area contributed by atoms with Crippen molar-refractivity contribution in [1.29, 1.82) is 0 Å². The quantitative estimate of drug-likeness (QED) is 0.775. The normalized spacial score (nSPS) is 34.5. The smallest absolute Gasteiger partial charge is 0.122 e. The van der Waals surface area contributed by atoms with Gasteiger partial charge >= 0.3 is 0 Å². The van der Waals surface area contributed by atoms with Crippen LogP contribution in [-0.4, -0.2) is 23.7 Å². The minimum atomic E-state index is -0.167. The lowest BCUT2D eigenvalue weighted by atomic mass is 10.00. The summed E-state index contributed by atoms with van der Waals surface area (Å²) in [4.78, 5) is 2.36. The molecular formula is C15H23NO. The van der Waals surface area contributed by atoms with Crippen LogP contribution >= 0.6 is 0 Å². The number of hydrogen-bond donors (Lipinski definition) is 0. The predicted octanol–water partition coefficient (Wildman–Crippen LogP) is 3.45. The Labute approximate surface area is 105 Å². The lowest BCUT2D eigenvalue weighted by Crippen LogP contribution is -2.46. The molecule has 0 radical (unpaired) electrons. The molecule has 1 fully saturated rings. The molecule has 0 amide bonds. The second-order valence-electron chi connectivity index (χ2n) is 5.51. The Balaban J connectivity index is 2.29. The van der Waals surface area contributed by atoms with Crippen LogP contribution < -0.4 is 0 Å². The van der Waals surface area contributed by atoms with Crippen LogP contribution in [0.4, 0.5) is 0 Å². The highest BCUT2D eigenvalue weighted by Gasteiger charge is 2.48. The average Bonchev–Trinajstić information content (AvgIpc) is 2.56. The maximum Gasteiger partial charge on any atom is 0.122 e. The molecule has 1 heterocycles. The summed E-state index contributed by atoms with van der Waals surface area (Å²) in [6, 6.07) is 10.9. The number of hydrogen-bond acceptors (Lipinski definition) is 2. The van der Waals surface area contributed by atoms with E-state index >= 15 is 0 Å². The molecule has 0 saturated carbocycles. The summed E-state index contributed by atoms with van der Waals surface area (Å²) in [6.07, 6.45) is 0.175. The van der Waals surface area contributed by atoms with Gasteiger partial charge in [0.05, 0.1) is 0 Å². The molecule has 0 unspecified atom stereocenters. The molecule has 1 aromatic rings. The van der Waals surface area contributed by atoms with Crippen molar-refractivity contribution in [2.24, 2.45) is 5.92 Å². The van der Waals surface area contributed by atoms with Gasteiger partial charge in [-0.2, -0.15) is 0 Å². The third-order valence-electron chi connectivity index (χ3n) is 4.31. The van der Waals surface area contributed by atoms with Crippen LogP contribution in [0.3, 0.4) is 0 Å². The zero-order valence-corrected chi connectivity index (χ0v) is 11.5. The Morgan fingerprint density at radius 1 is 1.24 bits per heavy atom. The molecule has 1 aliphatic rings. The van der Waals surface area contributed by atoms with Crippen molar-refractivity contribution in [3.63, 3.8) is 0 Å². The van der Waals surface area contributed by atoms with Gasteiger partial charge in [0.25, 0.3) is 0 Å². The van der Waals surface area contributed by atoms with Crippen molar-refractivity contribution >= 4 is 0 Å². The van der Waals surface area contributed by atoms with Gasteiger partial charge in [-0.1, -0.05) is 44.2 Å². The van der Waals surface area contributed by atoms with Crippen molar-refractivity contribution in [2.45, 2.75) is 45.6 Å². The van der Waals surface area contributed by atoms with Crippen LogP contribution in [0, 0.1) is 5.92 Å². The molecule has 1 aromatic carbocycles. The van der Waals surface area contributed by atoms with Crippen LogP contribution in [0.5, 0.6) is 0 Å². The Kier molecular flexibility index (Phi) is 3.28. The van der Waals surface area contributed by atoms with Gasteiger partial charge in [-0.05, 0) is 32.4 Å². The van der Waals surface area contributed by atoms with E-state index in [1.54, 1.807) is 0 Å². The van der Waals surface area contributed by atoms with E-state index in [0.717, 1.165) is 0 Å². The van der Waals surface area contributed by atoms with E-state index < -0.39 is 0 Å². The van der Waals surface area contributed by atoms with Crippen molar-refractivity contribution in [3.8, 4) is 0 Å². The molecule has 3 atom stereocenters. The summed E-state index contributed by atoms with van der Waals surface area (Å²) in [5.74, 6) is 0.476. The Morgan fingerprint density at radius 3 is 2.29 bits per heavy atom. The van der Waals surface area contributed by atoms with Gasteiger partial charge in [-0.3, -0.25) is 4.90 Å². The standard InChI is InChI=1S/C15H23NO/c1-11(2)15(4)16(5)12(3)14(17-15)13-9-7-6-8-10-13/h6-12,14H,1-5H3/t12-,14-,15+/m0/s1. The van der Waals surface area contributed by atoms with E-state index in [9.17, 15) is 0 Å². The van der Waals surface area contributed by atoms with Gasteiger partial charge in [0.2, 0.25) is 0 Å².